The highest BCUT2D eigenvalue weighted by molar-refractivity contribution is 5.50. The van der Waals surface area contributed by atoms with Crippen molar-refractivity contribution < 1.29 is 9.47 Å². The first kappa shape index (κ1) is 11.8. The van der Waals surface area contributed by atoms with Crippen LogP contribution in [0.5, 0.6) is 11.5 Å². The van der Waals surface area contributed by atoms with Crippen LogP contribution < -0.4 is 9.47 Å². The molecule has 0 radical (unpaired) electrons. The maximum absolute atomic E-state index is 5.93. The van der Waals surface area contributed by atoms with Crippen molar-refractivity contribution in [3.05, 3.63) is 23.8 Å². The first-order chi connectivity index (χ1) is 8.83. The molecule has 3 heteroatoms. The van der Waals surface area contributed by atoms with Crippen LogP contribution in [0.25, 0.3) is 0 Å². The summed E-state index contributed by atoms with van der Waals surface area (Å²) in [4.78, 5) is 2.56. The second-order valence-corrected chi connectivity index (χ2v) is 5.32. The van der Waals surface area contributed by atoms with Gasteiger partial charge in [-0.05, 0) is 19.0 Å². The van der Waals surface area contributed by atoms with E-state index in [1.807, 2.05) is 6.07 Å². The molecule has 0 saturated carbocycles. The third-order valence-electron chi connectivity index (χ3n) is 4.13. The summed E-state index contributed by atoms with van der Waals surface area (Å²) in [6, 6.07) is 6.26. The second-order valence-electron chi connectivity index (χ2n) is 5.32. The van der Waals surface area contributed by atoms with E-state index >= 15 is 0 Å². The van der Waals surface area contributed by atoms with Gasteiger partial charge in [-0.15, -0.1) is 0 Å². The van der Waals surface area contributed by atoms with Gasteiger partial charge in [0, 0.05) is 30.5 Å². The Morgan fingerprint density at radius 2 is 2.28 bits per heavy atom. The molecule has 1 fully saturated rings. The number of para-hydroxylation sites is 1. The van der Waals surface area contributed by atoms with Gasteiger partial charge in [-0.1, -0.05) is 19.1 Å². The Labute approximate surface area is 109 Å². The first-order valence-corrected chi connectivity index (χ1v) is 6.85. The third kappa shape index (κ3) is 1.87. The summed E-state index contributed by atoms with van der Waals surface area (Å²) in [5.74, 6) is 3.12. The monoisotopic (exact) mass is 247 g/mol. The quantitative estimate of drug-likeness (QED) is 0.819. The van der Waals surface area contributed by atoms with E-state index in [1.54, 1.807) is 7.11 Å². The van der Waals surface area contributed by atoms with Crippen molar-refractivity contribution in [2.45, 2.75) is 19.3 Å². The van der Waals surface area contributed by atoms with Gasteiger partial charge in [0.1, 0.15) is 0 Å². The van der Waals surface area contributed by atoms with Crippen LogP contribution in [0.2, 0.25) is 0 Å². The molecule has 2 aliphatic rings. The topological polar surface area (TPSA) is 21.7 Å². The van der Waals surface area contributed by atoms with Crippen LogP contribution in [0.1, 0.15) is 24.8 Å². The van der Waals surface area contributed by atoms with E-state index in [0.29, 0.717) is 11.8 Å². The molecule has 3 nitrogen and oxygen atoms in total. The molecule has 3 rings (SSSR count). The minimum Gasteiger partial charge on any atom is -0.493 e. The molecule has 1 saturated heterocycles. The molecule has 0 aliphatic carbocycles. The fraction of sp³-hybridized carbons (Fsp3) is 0.600. The highest BCUT2D eigenvalue weighted by Crippen LogP contribution is 2.45. The second kappa shape index (κ2) is 4.81. The van der Waals surface area contributed by atoms with Crippen molar-refractivity contribution in [3.63, 3.8) is 0 Å². The molecule has 1 aromatic carbocycles. The zero-order chi connectivity index (χ0) is 12.5. The van der Waals surface area contributed by atoms with Gasteiger partial charge in [-0.3, -0.25) is 0 Å². The summed E-state index contributed by atoms with van der Waals surface area (Å²) in [6.45, 7) is 6.62. The van der Waals surface area contributed by atoms with E-state index < -0.39 is 0 Å². The Morgan fingerprint density at radius 3 is 3.06 bits per heavy atom. The van der Waals surface area contributed by atoms with Crippen molar-refractivity contribution in [2.24, 2.45) is 5.92 Å². The number of likely N-dealkylation sites (tertiary alicyclic amines) is 1. The number of ether oxygens (including phenoxy) is 2. The Hall–Kier alpha value is -1.22. The molecule has 0 amide bonds. The minimum atomic E-state index is 0.621. The first-order valence-electron chi connectivity index (χ1n) is 6.85. The van der Waals surface area contributed by atoms with Crippen molar-refractivity contribution in [2.75, 3.05) is 33.4 Å². The van der Waals surface area contributed by atoms with Crippen LogP contribution in [0.3, 0.4) is 0 Å². The molecule has 1 aromatic rings. The Morgan fingerprint density at radius 1 is 1.39 bits per heavy atom. The van der Waals surface area contributed by atoms with E-state index in [1.165, 1.54) is 31.6 Å². The van der Waals surface area contributed by atoms with Crippen LogP contribution in [0.15, 0.2) is 18.2 Å². The molecule has 98 valence electrons. The van der Waals surface area contributed by atoms with Crippen molar-refractivity contribution in [3.8, 4) is 11.5 Å². The number of nitrogens with zero attached hydrogens (tertiary/aromatic N) is 1. The van der Waals surface area contributed by atoms with Crippen LogP contribution >= 0.6 is 0 Å². The van der Waals surface area contributed by atoms with E-state index in [0.717, 1.165) is 18.1 Å². The highest BCUT2D eigenvalue weighted by Gasteiger charge is 2.39. The molecular formula is C15H21NO2. The average molecular weight is 247 g/mol. The van der Waals surface area contributed by atoms with Gasteiger partial charge in [-0.2, -0.15) is 0 Å². The Balaban J connectivity index is 1.89. The summed E-state index contributed by atoms with van der Waals surface area (Å²) in [5, 5.41) is 0. The van der Waals surface area contributed by atoms with Crippen molar-refractivity contribution in [1.82, 2.24) is 4.90 Å². The van der Waals surface area contributed by atoms with Crippen LogP contribution in [0.4, 0.5) is 0 Å². The molecule has 0 aromatic heterocycles. The number of hydrogen-bond acceptors (Lipinski definition) is 3. The molecule has 0 spiro atoms. The predicted octanol–water partition coefficient (Wildman–Crippen LogP) is 2.51. The normalized spacial score (nSPS) is 26.3. The lowest BCUT2D eigenvalue weighted by Gasteiger charge is -2.28. The summed E-state index contributed by atoms with van der Waals surface area (Å²) in [7, 11) is 1.71. The maximum atomic E-state index is 5.93. The summed E-state index contributed by atoms with van der Waals surface area (Å²) >= 11 is 0. The van der Waals surface area contributed by atoms with Gasteiger partial charge in [0.05, 0.1) is 13.7 Å². The van der Waals surface area contributed by atoms with Crippen molar-refractivity contribution >= 4 is 0 Å². The molecule has 2 heterocycles. The van der Waals surface area contributed by atoms with Crippen LogP contribution in [0, 0.1) is 5.92 Å². The summed E-state index contributed by atoms with van der Waals surface area (Å²) in [6.07, 6.45) is 1.23. The van der Waals surface area contributed by atoms with E-state index in [-0.39, 0.29) is 0 Å². The van der Waals surface area contributed by atoms with Crippen LogP contribution in [-0.2, 0) is 0 Å². The third-order valence-corrected chi connectivity index (χ3v) is 4.13. The van der Waals surface area contributed by atoms with Crippen LogP contribution in [-0.4, -0.2) is 38.3 Å². The molecule has 2 atom stereocenters. The number of fused-ring (bicyclic) bond motifs is 3. The molecule has 0 bridgehead atoms. The van der Waals surface area contributed by atoms with Gasteiger partial charge in [-0.25, -0.2) is 0 Å². The highest BCUT2D eigenvalue weighted by atomic mass is 16.5. The lowest BCUT2D eigenvalue weighted by Crippen LogP contribution is -2.25. The molecular weight excluding hydrogens is 226 g/mol. The largest absolute Gasteiger partial charge is 0.493 e. The summed E-state index contributed by atoms with van der Waals surface area (Å²) in [5.41, 5.74) is 1.34. The Bertz CT molecular complexity index is 433. The Kier molecular flexibility index (Phi) is 3.16. The van der Waals surface area contributed by atoms with Gasteiger partial charge in [0.2, 0.25) is 0 Å². The fourth-order valence-electron chi connectivity index (χ4n) is 3.31. The molecule has 2 aliphatic heterocycles. The maximum Gasteiger partial charge on any atom is 0.164 e. The molecule has 0 N–H and O–H groups in total. The van der Waals surface area contributed by atoms with E-state index in [4.69, 9.17) is 9.47 Å². The lowest BCUT2D eigenvalue weighted by atomic mass is 9.87. The zero-order valence-electron chi connectivity index (χ0n) is 11.2. The number of benzene rings is 1. The predicted molar refractivity (Wildman–Crippen MR) is 71.5 cm³/mol. The SMILES string of the molecule is CCCN1C[C@@H]2COc3c(OC)cccc3[C@@H]2C1. The smallest absolute Gasteiger partial charge is 0.164 e. The fourth-order valence-corrected chi connectivity index (χ4v) is 3.31. The van der Waals surface area contributed by atoms with Gasteiger partial charge >= 0.3 is 0 Å². The lowest BCUT2D eigenvalue weighted by molar-refractivity contribution is 0.204. The number of hydrogen-bond donors (Lipinski definition) is 0. The van der Waals surface area contributed by atoms with Gasteiger partial charge in [0.25, 0.3) is 0 Å². The zero-order valence-corrected chi connectivity index (χ0v) is 11.2. The minimum absolute atomic E-state index is 0.621. The van der Waals surface area contributed by atoms with E-state index in [2.05, 4.69) is 24.0 Å². The number of methoxy groups -OCH3 is 1. The average Bonchev–Trinajstić information content (AvgIpc) is 2.81. The van der Waals surface area contributed by atoms with Gasteiger partial charge < -0.3 is 14.4 Å². The van der Waals surface area contributed by atoms with Gasteiger partial charge in [0.15, 0.2) is 11.5 Å². The number of rotatable bonds is 3. The van der Waals surface area contributed by atoms with Crippen molar-refractivity contribution in [1.29, 1.82) is 0 Å². The molecule has 18 heavy (non-hydrogen) atoms. The molecule has 0 unspecified atom stereocenters. The van der Waals surface area contributed by atoms with E-state index in [9.17, 15) is 0 Å². The standard InChI is InChI=1S/C15H21NO2/c1-3-7-16-8-11-10-18-15-12(13(11)9-16)5-4-6-14(15)17-2/h4-6,11,13H,3,7-10H2,1-2H3/t11-,13-/m1/s1. The summed E-state index contributed by atoms with van der Waals surface area (Å²) < 4.78 is 11.3.